The van der Waals surface area contributed by atoms with Gasteiger partial charge in [-0.2, -0.15) is 0 Å². The molecule has 5 rings (SSSR count). The standard InChI is InChI=1S/C27H28ClNO3/c28-21-7-3-19(4-8-21)25-18-32-26-12-9-22(30)17-24(26)27(25)20-5-10-23(11-6-20)31-16-15-29-13-1-2-14-29/h3-12,17,25,27,30H,1-2,13-16,18H2/t25-,27+/m0/s1. The largest absolute Gasteiger partial charge is 0.508 e. The number of fused-ring (bicyclic) bond motifs is 1. The van der Waals surface area contributed by atoms with Gasteiger partial charge in [0.15, 0.2) is 0 Å². The van der Waals surface area contributed by atoms with Crippen LogP contribution in [0.4, 0.5) is 0 Å². The molecule has 0 bridgehead atoms. The third kappa shape index (κ3) is 4.57. The maximum Gasteiger partial charge on any atom is 0.123 e. The first-order valence-corrected chi connectivity index (χ1v) is 11.7. The number of hydrogen-bond acceptors (Lipinski definition) is 4. The van der Waals surface area contributed by atoms with Gasteiger partial charge in [0.2, 0.25) is 0 Å². The maximum atomic E-state index is 10.2. The molecule has 2 atom stereocenters. The summed E-state index contributed by atoms with van der Waals surface area (Å²) in [7, 11) is 0. The van der Waals surface area contributed by atoms with Gasteiger partial charge in [0.05, 0.1) is 6.61 Å². The van der Waals surface area contributed by atoms with Crippen LogP contribution in [0.3, 0.4) is 0 Å². The fourth-order valence-electron chi connectivity index (χ4n) is 4.88. The molecular formula is C27H28ClNO3. The molecule has 1 fully saturated rings. The maximum absolute atomic E-state index is 10.2. The van der Waals surface area contributed by atoms with Crippen LogP contribution in [0, 0.1) is 0 Å². The van der Waals surface area contributed by atoms with Gasteiger partial charge in [-0.25, -0.2) is 0 Å². The molecule has 3 aromatic rings. The number of aromatic hydroxyl groups is 1. The Morgan fingerprint density at radius 2 is 1.66 bits per heavy atom. The third-order valence-electron chi connectivity index (χ3n) is 6.56. The van der Waals surface area contributed by atoms with Crippen molar-refractivity contribution in [2.45, 2.75) is 24.7 Å². The van der Waals surface area contributed by atoms with Crippen LogP contribution in [0.1, 0.15) is 41.4 Å². The molecule has 1 N–H and O–H groups in total. The summed E-state index contributed by atoms with van der Waals surface area (Å²) in [6, 6.07) is 21.7. The van der Waals surface area contributed by atoms with Crippen molar-refractivity contribution in [3.05, 3.63) is 88.4 Å². The molecule has 2 heterocycles. The van der Waals surface area contributed by atoms with Gasteiger partial charge in [-0.05, 0) is 79.5 Å². The molecule has 0 amide bonds. The van der Waals surface area contributed by atoms with Gasteiger partial charge in [0.1, 0.15) is 23.9 Å². The summed E-state index contributed by atoms with van der Waals surface area (Å²) in [5.41, 5.74) is 3.34. The van der Waals surface area contributed by atoms with Crippen LogP contribution < -0.4 is 9.47 Å². The summed E-state index contributed by atoms with van der Waals surface area (Å²) in [4.78, 5) is 2.45. The second-order valence-electron chi connectivity index (χ2n) is 8.64. The summed E-state index contributed by atoms with van der Waals surface area (Å²) in [6.07, 6.45) is 2.59. The Morgan fingerprint density at radius 3 is 2.41 bits per heavy atom. The SMILES string of the molecule is Oc1ccc2c(c1)[C@@H](c1ccc(OCCN3CCCC3)cc1)[C@H](c1ccc(Cl)cc1)CO2. The Balaban J connectivity index is 1.40. The van der Waals surface area contributed by atoms with Gasteiger partial charge in [0, 0.05) is 29.0 Å². The van der Waals surface area contributed by atoms with E-state index < -0.39 is 0 Å². The lowest BCUT2D eigenvalue weighted by molar-refractivity contribution is 0.237. The highest BCUT2D eigenvalue weighted by Gasteiger charge is 2.33. The number of likely N-dealkylation sites (tertiary alicyclic amines) is 1. The van der Waals surface area contributed by atoms with Gasteiger partial charge < -0.3 is 14.6 Å². The number of phenols is 1. The molecule has 3 aromatic carbocycles. The van der Waals surface area contributed by atoms with Crippen LogP contribution >= 0.6 is 11.6 Å². The smallest absolute Gasteiger partial charge is 0.123 e. The highest BCUT2D eigenvalue weighted by atomic mass is 35.5. The lowest BCUT2D eigenvalue weighted by Crippen LogP contribution is -2.25. The summed E-state index contributed by atoms with van der Waals surface area (Å²) in [5.74, 6) is 2.13. The number of rotatable bonds is 6. The van der Waals surface area contributed by atoms with Crippen LogP contribution in [0.5, 0.6) is 17.2 Å². The van der Waals surface area contributed by atoms with Crippen molar-refractivity contribution >= 4 is 11.6 Å². The molecular weight excluding hydrogens is 422 g/mol. The van der Waals surface area contributed by atoms with Gasteiger partial charge in [-0.15, -0.1) is 0 Å². The van der Waals surface area contributed by atoms with Crippen molar-refractivity contribution in [1.82, 2.24) is 4.90 Å². The Labute approximate surface area is 194 Å². The lowest BCUT2D eigenvalue weighted by Gasteiger charge is -2.34. The molecule has 1 saturated heterocycles. The minimum atomic E-state index is 0.0608. The first kappa shape index (κ1) is 21.2. The Bertz CT molecular complexity index is 1050. The predicted molar refractivity (Wildman–Crippen MR) is 127 cm³/mol. The van der Waals surface area contributed by atoms with Crippen LogP contribution in [-0.2, 0) is 0 Å². The average molecular weight is 450 g/mol. The van der Waals surface area contributed by atoms with E-state index in [1.165, 1.54) is 37.1 Å². The molecule has 0 aliphatic carbocycles. The third-order valence-corrected chi connectivity index (χ3v) is 6.81. The van der Waals surface area contributed by atoms with E-state index in [1.54, 1.807) is 6.07 Å². The van der Waals surface area contributed by atoms with Crippen LogP contribution in [0.2, 0.25) is 5.02 Å². The molecule has 2 aliphatic rings. The van der Waals surface area contributed by atoms with Crippen molar-refractivity contribution in [1.29, 1.82) is 0 Å². The van der Waals surface area contributed by atoms with E-state index in [0.717, 1.165) is 28.6 Å². The second-order valence-corrected chi connectivity index (χ2v) is 9.07. The molecule has 0 radical (unpaired) electrons. The highest BCUT2D eigenvalue weighted by Crippen LogP contribution is 2.47. The number of halogens is 1. The van der Waals surface area contributed by atoms with E-state index >= 15 is 0 Å². The summed E-state index contributed by atoms with van der Waals surface area (Å²) < 4.78 is 12.1. The minimum absolute atomic E-state index is 0.0608. The predicted octanol–water partition coefficient (Wildman–Crippen LogP) is 5.83. The molecule has 32 heavy (non-hydrogen) atoms. The second kappa shape index (κ2) is 9.43. The Hall–Kier alpha value is -2.69. The number of phenolic OH excluding ortho intramolecular Hbond substituents is 1. The highest BCUT2D eigenvalue weighted by molar-refractivity contribution is 6.30. The van der Waals surface area contributed by atoms with E-state index in [1.807, 2.05) is 24.3 Å². The average Bonchev–Trinajstić information content (AvgIpc) is 3.33. The first-order valence-electron chi connectivity index (χ1n) is 11.3. The molecule has 166 valence electrons. The molecule has 5 heteroatoms. The van der Waals surface area contributed by atoms with Crippen molar-refractivity contribution in [3.63, 3.8) is 0 Å². The van der Waals surface area contributed by atoms with Crippen molar-refractivity contribution < 1.29 is 14.6 Å². The van der Waals surface area contributed by atoms with E-state index in [-0.39, 0.29) is 17.6 Å². The zero-order valence-corrected chi connectivity index (χ0v) is 18.8. The van der Waals surface area contributed by atoms with E-state index in [2.05, 4.69) is 41.3 Å². The quantitative estimate of drug-likeness (QED) is 0.514. The topological polar surface area (TPSA) is 41.9 Å². The Kier molecular flexibility index (Phi) is 6.24. The van der Waals surface area contributed by atoms with Gasteiger partial charge >= 0.3 is 0 Å². The first-order chi connectivity index (χ1) is 15.7. The summed E-state index contributed by atoms with van der Waals surface area (Å²) in [6.45, 7) is 4.63. The fraction of sp³-hybridized carbons (Fsp3) is 0.333. The molecule has 0 aromatic heterocycles. The van der Waals surface area contributed by atoms with Crippen molar-refractivity contribution in [2.75, 3.05) is 32.8 Å². The molecule has 0 unspecified atom stereocenters. The van der Waals surface area contributed by atoms with Gasteiger partial charge in [-0.1, -0.05) is 35.9 Å². The minimum Gasteiger partial charge on any atom is -0.508 e. The number of hydrogen-bond donors (Lipinski definition) is 1. The molecule has 0 spiro atoms. The van der Waals surface area contributed by atoms with Crippen molar-refractivity contribution in [2.24, 2.45) is 0 Å². The number of benzene rings is 3. The van der Waals surface area contributed by atoms with Crippen molar-refractivity contribution in [3.8, 4) is 17.2 Å². The number of nitrogens with zero attached hydrogens (tertiary/aromatic N) is 1. The van der Waals surface area contributed by atoms with Crippen LogP contribution in [0.25, 0.3) is 0 Å². The van der Waals surface area contributed by atoms with Crippen LogP contribution in [0.15, 0.2) is 66.7 Å². The van der Waals surface area contributed by atoms with Gasteiger partial charge in [0.25, 0.3) is 0 Å². The summed E-state index contributed by atoms with van der Waals surface area (Å²) >= 11 is 6.13. The molecule has 2 aliphatic heterocycles. The molecule has 4 nitrogen and oxygen atoms in total. The Morgan fingerprint density at radius 1 is 0.938 bits per heavy atom. The van der Waals surface area contributed by atoms with E-state index in [0.29, 0.717) is 13.2 Å². The number of ether oxygens (including phenoxy) is 2. The molecule has 0 saturated carbocycles. The monoisotopic (exact) mass is 449 g/mol. The van der Waals surface area contributed by atoms with E-state index in [4.69, 9.17) is 21.1 Å². The summed E-state index contributed by atoms with van der Waals surface area (Å²) in [5, 5.41) is 10.9. The fourth-order valence-corrected chi connectivity index (χ4v) is 5.01. The zero-order chi connectivity index (χ0) is 21.9. The van der Waals surface area contributed by atoms with E-state index in [9.17, 15) is 5.11 Å². The zero-order valence-electron chi connectivity index (χ0n) is 18.0. The lowest BCUT2D eigenvalue weighted by atomic mass is 9.76. The van der Waals surface area contributed by atoms with Gasteiger partial charge in [-0.3, -0.25) is 4.90 Å². The normalized spacial score (nSPS) is 20.5. The van der Waals surface area contributed by atoms with Crippen LogP contribution in [-0.4, -0.2) is 42.9 Å².